The van der Waals surface area contributed by atoms with Gasteiger partial charge in [0.2, 0.25) is 10.0 Å². The number of hydrogen-bond acceptors (Lipinski definition) is 3. The Morgan fingerprint density at radius 2 is 2.12 bits per heavy atom. The second-order valence-electron chi connectivity index (χ2n) is 3.15. The Morgan fingerprint density at radius 3 is 2.65 bits per heavy atom. The van der Waals surface area contributed by atoms with Gasteiger partial charge in [0.1, 0.15) is 10.7 Å². The Bertz CT molecular complexity index is 560. The Kier molecular flexibility index (Phi) is 4.70. The lowest BCUT2D eigenvalue weighted by atomic mass is 10.3. The lowest BCUT2D eigenvalue weighted by Gasteiger charge is -2.09. The van der Waals surface area contributed by atoms with Crippen molar-refractivity contribution in [3.8, 4) is 0 Å². The highest BCUT2D eigenvalue weighted by Gasteiger charge is 2.19. The highest BCUT2D eigenvalue weighted by Crippen LogP contribution is 2.26. The summed E-state index contributed by atoms with van der Waals surface area (Å²) in [5.41, 5.74) is 5.31. The summed E-state index contributed by atoms with van der Waals surface area (Å²) in [6.07, 6.45) is 0. The van der Waals surface area contributed by atoms with Gasteiger partial charge in [0, 0.05) is 11.0 Å². The molecule has 8 heteroatoms. The Hall–Kier alpha value is -0.440. The first kappa shape index (κ1) is 14.6. The van der Waals surface area contributed by atoms with E-state index in [1.807, 2.05) is 0 Å². The molecule has 0 saturated heterocycles. The molecule has 3 N–H and O–H groups in total. The minimum absolute atomic E-state index is 0.0246. The summed E-state index contributed by atoms with van der Waals surface area (Å²) in [6.45, 7) is 3.52. The molecule has 1 rings (SSSR count). The fourth-order valence-corrected chi connectivity index (χ4v) is 3.01. The number of nitrogens with two attached hydrogens (primary N) is 1. The quantitative estimate of drug-likeness (QED) is 0.779. The molecule has 1 aromatic rings. The van der Waals surface area contributed by atoms with Crippen LogP contribution in [-0.4, -0.2) is 15.0 Å². The summed E-state index contributed by atoms with van der Waals surface area (Å²) >= 11 is 5.93. The highest BCUT2D eigenvalue weighted by atomic mass is 79.9. The number of nitrogen functional groups attached to an aromatic ring is 1. The molecular formula is C9H9Br2FN2O2S. The van der Waals surface area contributed by atoms with Crippen molar-refractivity contribution in [3.05, 3.63) is 33.5 Å². The number of benzene rings is 1. The summed E-state index contributed by atoms with van der Waals surface area (Å²) < 4.78 is 39.5. The van der Waals surface area contributed by atoms with E-state index in [2.05, 4.69) is 43.2 Å². The molecule has 0 aromatic heterocycles. The van der Waals surface area contributed by atoms with Crippen LogP contribution in [0.3, 0.4) is 0 Å². The van der Waals surface area contributed by atoms with Gasteiger partial charge < -0.3 is 5.73 Å². The molecule has 0 fully saturated rings. The van der Waals surface area contributed by atoms with Gasteiger partial charge in [0.25, 0.3) is 0 Å². The van der Waals surface area contributed by atoms with Crippen molar-refractivity contribution in [1.82, 2.24) is 4.72 Å². The molecule has 0 spiro atoms. The van der Waals surface area contributed by atoms with E-state index in [1.54, 1.807) is 0 Å². The largest absolute Gasteiger partial charge is 0.398 e. The van der Waals surface area contributed by atoms with Crippen molar-refractivity contribution in [2.75, 3.05) is 12.3 Å². The minimum atomic E-state index is -3.79. The zero-order valence-corrected chi connectivity index (χ0v) is 12.5. The SMILES string of the molecule is C=C(Br)CNS(=O)(=O)c1cc(Br)c(F)cc1N. The molecule has 0 radical (unpaired) electrons. The van der Waals surface area contributed by atoms with Crippen LogP contribution < -0.4 is 10.5 Å². The molecule has 0 atom stereocenters. The van der Waals surface area contributed by atoms with E-state index in [-0.39, 0.29) is 21.6 Å². The van der Waals surface area contributed by atoms with E-state index in [4.69, 9.17) is 5.73 Å². The molecule has 4 nitrogen and oxygen atoms in total. The maximum absolute atomic E-state index is 13.1. The summed E-state index contributed by atoms with van der Waals surface area (Å²) in [5, 5.41) is 0. The summed E-state index contributed by atoms with van der Waals surface area (Å²) in [4.78, 5) is -0.181. The fraction of sp³-hybridized carbons (Fsp3) is 0.111. The fourth-order valence-electron chi connectivity index (χ4n) is 1.03. The van der Waals surface area contributed by atoms with Gasteiger partial charge in [-0.3, -0.25) is 0 Å². The second kappa shape index (κ2) is 5.47. The first-order valence-corrected chi connectivity index (χ1v) is 7.38. The van der Waals surface area contributed by atoms with Crippen molar-refractivity contribution in [2.45, 2.75) is 4.90 Å². The van der Waals surface area contributed by atoms with Gasteiger partial charge in [-0.15, -0.1) is 0 Å². The van der Waals surface area contributed by atoms with Crippen LogP contribution in [-0.2, 0) is 10.0 Å². The van der Waals surface area contributed by atoms with Crippen LogP contribution in [0.15, 0.2) is 32.6 Å². The van der Waals surface area contributed by atoms with E-state index in [9.17, 15) is 12.8 Å². The molecular weight excluding hydrogens is 379 g/mol. The Balaban J connectivity index is 3.15. The zero-order chi connectivity index (χ0) is 13.2. The topological polar surface area (TPSA) is 72.2 Å². The number of nitrogens with one attached hydrogen (secondary N) is 1. The number of rotatable bonds is 4. The number of sulfonamides is 1. The van der Waals surface area contributed by atoms with E-state index >= 15 is 0 Å². The van der Waals surface area contributed by atoms with Gasteiger partial charge in [-0.05, 0) is 28.1 Å². The van der Waals surface area contributed by atoms with Crippen molar-refractivity contribution in [2.24, 2.45) is 0 Å². The van der Waals surface area contributed by atoms with Crippen LogP contribution in [0.4, 0.5) is 10.1 Å². The predicted octanol–water partition coefficient (Wildman–Crippen LogP) is 2.36. The molecule has 0 aliphatic rings. The first-order valence-electron chi connectivity index (χ1n) is 4.31. The van der Waals surface area contributed by atoms with E-state index in [1.165, 1.54) is 0 Å². The lowest BCUT2D eigenvalue weighted by molar-refractivity contribution is 0.584. The maximum atomic E-state index is 13.1. The lowest BCUT2D eigenvalue weighted by Crippen LogP contribution is -2.25. The Labute approximate surface area is 115 Å². The highest BCUT2D eigenvalue weighted by molar-refractivity contribution is 9.11. The van der Waals surface area contributed by atoms with Gasteiger partial charge in [-0.2, -0.15) is 0 Å². The van der Waals surface area contributed by atoms with Gasteiger partial charge >= 0.3 is 0 Å². The van der Waals surface area contributed by atoms with Crippen molar-refractivity contribution >= 4 is 47.6 Å². The maximum Gasteiger partial charge on any atom is 0.242 e. The third-order valence-electron chi connectivity index (χ3n) is 1.80. The van der Waals surface area contributed by atoms with Gasteiger partial charge in [0.05, 0.1) is 10.2 Å². The molecule has 0 unspecified atom stereocenters. The molecule has 0 aliphatic heterocycles. The second-order valence-corrected chi connectivity index (χ2v) is 6.86. The normalized spacial score (nSPS) is 11.5. The monoisotopic (exact) mass is 386 g/mol. The first-order chi connectivity index (χ1) is 7.74. The van der Waals surface area contributed by atoms with Crippen molar-refractivity contribution < 1.29 is 12.8 Å². The van der Waals surface area contributed by atoms with Crippen LogP contribution in [0, 0.1) is 5.82 Å². The van der Waals surface area contributed by atoms with Crippen LogP contribution in [0.1, 0.15) is 0 Å². The molecule has 0 bridgehead atoms. The van der Waals surface area contributed by atoms with Crippen LogP contribution in [0.5, 0.6) is 0 Å². The van der Waals surface area contributed by atoms with Gasteiger partial charge in [0.15, 0.2) is 0 Å². The van der Waals surface area contributed by atoms with E-state index in [0.29, 0.717) is 4.48 Å². The minimum Gasteiger partial charge on any atom is -0.398 e. The third-order valence-corrected chi connectivity index (χ3v) is 4.14. The average Bonchev–Trinajstić information content (AvgIpc) is 2.20. The molecule has 0 aliphatic carbocycles. The van der Waals surface area contributed by atoms with Crippen molar-refractivity contribution in [3.63, 3.8) is 0 Å². The smallest absolute Gasteiger partial charge is 0.242 e. The van der Waals surface area contributed by atoms with Crippen LogP contribution in [0.25, 0.3) is 0 Å². The van der Waals surface area contributed by atoms with Gasteiger partial charge in [-0.25, -0.2) is 17.5 Å². The van der Waals surface area contributed by atoms with Crippen LogP contribution in [0.2, 0.25) is 0 Å². The third kappa shape index (κ3) is 3.77. The number of halogens is 3. The molecule has 94 valence electrons. The Morgan fingerprint density at radius 1 is 1.53 bits per heavy atom. The molecule has 0 amide bonds. The summed E-state index contributed by atoms with van der Waals surface area (Å²) in [5.74, 6) is -0.619. The van der Waals surface area contributed by atoms with Gasteiger partial charge in [-0.1, -0.05) is 22.5 Å². The predicted molar refractivity (Wildman–Crippen MR) is 71.8 cm³/mol. The molecule has 0 saturated carbocycles. The summed E-state index contributed by atoms with van der Waals surface area (Å²) in [6, 6.07) is 2.06. The van der Waals surface area contributed by atoms with Crippen LogP contribution >= 0.6 is 31.9 Å². The van der Waals surface area contributed by atoms with E-state index < -0.39 is 15.8 Å². The standard InChI is InChI=1S/C9H9Br2FN2O2S/c1-5(10)4-14-17(15,16)9-2-6(11)7(12)3-8(9)13/h2-3,14H,1,4,13H2. The van der Waals surface area contributed by atoms with Crippen molar-refractivity contribution in [1.29, 1.82) is 0 Å². The molecule has 0 heterocycles. The number of hydrogen-bond donors (Lipinski definition) is 2. The molecule has 1 aromatic carbocycles. The molecule has 17 heavy (non-hydrogen) atoms. The summed E-state index contributed by atoms with van der Waals surface area (Å²) in [7, 11) is -3.79. The zero-order valence-electron chi connectivity index (χ0n) is 8.50. The average molecular weight is 388 g/mol. The number of anilines is 1. The van der Waals surface area contributed by atoms with E-state index in [0.717, 1.165) is 12.1 Å².